The van der Waals surface area contributed by atoms with Gasteiger partial charge in [0.1, 0.15) is 0 Å². The smallest absolute Gasteiger partial charge is 0.191 e. The van der Waals surface area contributed by atoms with Crippen molar-refractivity contribution >= 4 is 46.4 Å². The Morgan fingerprint density at radius 2 is 2.00 bits per heavy atom. The Balaban J connectivity index is 0.00000157. The van der Waals surface area contributed by atoms with E-state index in [9.17, 15) is 0 Å². The third-order valence-corrected chi connectivity index (χ3v) is 6.40. The van der Waals surface area contributed by atoms with Gasteiger partial charge in [-0.3, -0.25) is 0 Å². The molecule has 1 aliphatic heterocycles. The lowest BCUT2D eigenvalue weighted by molar-refractivity contribution is 0.380. The second-order valence-corrected chi connectivity index (χ2v) is 7.73. The monoisotopic (exact) mass is 467 g/mol. The van der Waals surface area contributed by atoms with Crippen LogP contribution in [0.5, 0.6) is 0 Å². The molecule has 0 spiro atoms. The summed E-state index contributed by atoms with van der Waals surface area (Å²) in [5.41, 5.74) is 9.33. The van der Waals surface area contributed by atoms with Crippen LogP contribution in [-0.2, 0) is 6.42 Å². The Bertz CT molecular complexity index is 770. The third-order valence-electron chi connectivity index (χ3n) is 5.57. The highest BCUT2D eigenvalue weighted by atomic mass is 127. The molecule has 1 aromatic carbocycles. The second kappa shape index (κ2) is 6.75. The molecule has 2 fully saturated rings. The summed E-state index contributed by atoms with van der Waals surface area (Å²) in [7, 11) is 0. The molecule has 5 nitrogen and oxygen atoms in total. The van der Waals surface area contributed by atoms with Crippen LogP contribution >= 0.6 is 35.3 Å². The van der Waals surface area contributed by atoms with Crippen molar-refractivity contribution in [3.8, 4) is 0 Å². The van der Waals surface area contributed by atoms with Gasteiger partial charge < -0.3 is 15.5 Å². The summed E-state index contributed by atoms with van der Waals surface area (Å²) in [6.45, 7) is 3.77. The van der Waals surface area contributed by atoms with Crippen molar-refractivity contribution in [2.24, 2.45) is 16.6 Å². The van der Waals surface area contributed by atoms with E-state index in [0.717, 1.165) is 37.3 Å². The molecule has 2 heterocycles. The number of halogens is 1. The highest BCUT2D eigenvalue weighted by Crippen LogP contribution is 2.58. The zero-order chi connectivity index (χ0) is 16.1. The maximum atomic E-state index is 6.32. The number of anilines is 1. The number of nitrogens with two attached hydrogens (primary N) is 1. The van der Waals surface area contributed by atoms with Crippen LogP contribution in [0.3, 0.4) is 0 Å². The van der Waals surface area contributed by atoms with E-state index in [0.29, 0.717) is 17.9 Å². The number of benzene rings is 1. The van der Waals surface area contributed by atoms with Gasteiger partial charge in [-0.05, 0) is 23.5 Å². The van der Waals surface area contributed by atoms with Crippen LogP contribution in [0.1, 0.15) is 17.0 Å². The zero-order valence-electron chi connectivity index (χ0n) is 13.9. The van der Waals surface area contributed by atoms with Crippen LogP contribution in [-0.4, -0.2) is 48.1 Å². The van der Waals surface area contributed by atoms with Gasteiger partial charge in [-0.1, -0.05) is 24.3 Å². The molecule has 3 atom stereocenters. The first-order chi connectivity index (χ1) is 11.8. The molecule has 25 heavy (non-hydrogen) atoms. The molecule has 132 valence electrons. The number of hydrogen-bond donors (Lipinski definition) is 1. The summed E-state index contributed by atoms with van der Waals surface area (Å²) in [6, 6.07) is 9.19. The van der Waals surface area contributed by atoms with Crippen LogP contribution in [0.4, 0.5) is 5.13 Å². The molecule has 2 N–H and O–H groups in total. The topological polar surface area (TPSA) is 57.8 Å². The lowest BCUT2D eigenvalue weighted by atomic mass is 10.1. The highest BCUT2D eigenvalue weighted by Gasteiger charge is 2.56. The van der Waals surface area contributed by atoms with Gasteiger partial charge in [0.05, 0.1) is 6.04 Å². The van der Waals surface area contributed by atoms with Gasteiger partial charge >= 0.3 is 0 Å². The van der Waals surface area contributed by atoms with Crippen molar-refractivity contribution in [1.82, 2.24) is 9.88 Å². The fourth-order valence-corrected chi connectivity index (χ4v) is 4.92. The summed E-state index contributed by atoms with van der Waals surface area (Å²) in [4.78, 5) is 13.8. The molecule has 1 saturated carbocycles. The normalized spacial score (nSPS) is 27.5. The molecule has 3 unspecified atom stereocenters. The van der Waals surface area contributed by atoms with Crippen LogP contribution in [0, 0.1) is 5.92 Å². The third kappa shape index (κ3) is 3.01. The van der Waals surface area contributed by atoms with Gasteiger partial charge in [0.25, 0.3) is 0 Å². The Morgan fingerprint density at radius 3 is 2.76 bits per heavy atom. The van der Waals surface area contributed by atoms with Gasteiger partial charge in [-0.25, -0.2) is 9.98 Å². The average Bonchev–Trinajstić information content (AvgIpc) is 3.02. The van der Waals surface area contributed by atoms with E-state index in [1.165, 1.54) is 17.5 Å². The minimum Gasteiger partial charge on any atom is -0.370 e. The standard InChI is InChI=1S/C18H21N5S.HI/c19-17(22-6-8-23(9-7-22)18-20-5-10-24-18)21-16-14-11-12-3-1-2-4-13(12)15(14)16;/h1-5,10,14-16H,6-9,11H2,(H2,19,21);1H. The molecule has 3 aliphatic rings. The van der Waals surface area contributed by atoms with Crippen molar-refractivity contribution in [2.75, 3.05) is 31.1 Å². The maximum absolute atomic E-state index is 6.32. The Kier molecular flexibility index (Phi) is 4.61. The number of hydrogen-bond acceptors (Lipinski definition) is 4. The number of aromatic nitrogens is 1. The SMILES string of the molecule is I.NC(=NC1C2Cc3ccccc3C21)N1CCN(c2nccs2)CC1. The summed E-state index contributed by atoms with van der Waals surface area (Å²) < 4.78 is 0. The summed E-state index contributed by atoms with van der Waals surface area (Å²) >= 11 is 1.70. The van der Waals surface area contributed by atoms with Crippen LogP contribution < -0.4 is 10.6 Å². The number of rotatable bonds is 2. The highest BCUT2D eigenvalue weighted by molar-refractivity contribution is 14.0. The van der Waals surface area contributed by atoms with Gasteiger partial charge in [0, 0.05) is 43.7 Å². The molecule has 2 aromatic rings. The Morgan fingerprint density at radius 1 is 1.20 bits per heavy atom. The van der Waals surface area contributed by atoms with E-state index in [4.69, 9.17) is 10.7 Å². The summed E-state index contributed by atoms with van der Waals surface area (Å²) in [6.07, 6.45) is 3.03. The molecule has 5 rings (SSSR count). The molecule has 2 aliphatic carbocycles. The van der Waals surface area contributed by atoms with Gasteiger partial charge in [0.15, 0.2) is 11.1 Å². The number of thiazole rings is 1. The van der Waals surface area contributed by atoms with E-state index in [2.05, 4.69) is 39.0 Å². The van der Waals surface area contributed by atoms with Crippen LogP contribution in [0.25, 0.3) is 0 Å². The quantitative estimate of drug-likeness (QED) is 0.419. The fourth-order valence-electron chi connectivity index (χ4n) is 4.23. The molecular weight excluding hydrogens is 445 g/mol. The van der Waals surface area contributed by atoms with Gasteiger partial charge in [-0.2, -0.15) is 0 Å². The zero-order valence-corrected chi connectivity index (χ0v) is 17.1. The molecule has 0 radical (unpaired) electrons. The minimum absolute atomic E-state index is 0. The Hall–Kier alpha value is -1.35. The number of aliphatic imine (C=N–C) groups is 1. The number of guanidine groups is 1. The maximum Gasteiger partial charge on any atom is 0.191 e. The number of fused-ring (bicyclic) bond motifs is 3. The molecule has 7 heteroatoms. The average molecular weight is 467 g/mol. The minimum atomic E-state index is 0. The van der Waals surface area contributed by atoms with Crippen molar-refractivity contribution in [2.45, 2.75) is 18.4 Å². The van der Waals surface area contributed by atoms with E-state index in [-0.39, 0.29) is 24.0 Å². The lowest BCUT2D eigenvalue weighted by Gasteiger charge is -2.35. The van der Waals surface area contributed by atoms with Gasteiger partial charge in [0.2, 0.25) is 0 Å². The van der Waals surface area contributed by atoms with E-state index in [1.807, 2.05) is 11.6 Å². The van der Waals surface area contributed by atoms with E-state index in [1.54, 1.807) is 11.3 Å². The summed E-state index contributed by atoms with van der Waals surface area (Å²) in [5, 5.41) is 3.14. The van der Waals surface area contributed by atoms with Crippen LogP contribution in [0.15, 0.2) is 40.8 Å². The van der Waals surface area contributed by atoms with Crippen molar-refractivity contribution in [3.63, 3.8) is 0 Å². The Labute approximate surface area is 169 Å². The second-order valence-electron chi connectivity index (χ2n) is 6.86. The fraction of sp³-hybridized carbons (Fsp3) is 0.444. The summed E-state index contributed by atoms with van der Waals surface area (Å²) in [5.74, 6) is 2.01. The first-order valence-electron chi connectivity index (χ1n) is 8.62. The van der Waals surface area contributed by atoms with E-state index >= 15 is 0 Å². The lowest BCUT2D eigenvalue weighted by Crippen LogP contribution is -2.51. The van der Waals surface area contributed by atoms with Crippen LogP contribution in [0.2, 0.25) is 0 Å². The van der Waals surface area contributed by atoms with Crippen molar-refractivity contribution < 1.29 is 0 Å². The first kappa shape index (κ1) is 17.1. The number of nitrogens with zero attached hydrogens (tertiary/aromatic N) is 4. The number of piperazine rings is 1. The van der Waals surface area contributed by atoms with Crippen molar-refractivity contribution in [3.05, 3.63) is 47.0 Å². The first-order valence-corrected chi connectivity index (χ1v) is 9.50. The van der Waals surface area contributed by atoms with E-state index < -0.39 is 0 Å². The molecule has 0 bridgehead atoms. The predicted octanol–water partition coefficient (Wildman–Crippen LogP) is 2.54. The van der Waals surface area contributed by atoms with Crippen molar-refractivity contribution in [1.29, 1.82) is 0 Å². The largest absolute Gasteiger partial charge is 0.370 e. The molecule has 1 aromatic heterocycles. The van der Waals surface area contributed by atoms with Gasteiger partial charge in [-0.15, -0.1) is 35.3 Å². The molecule has 0 amide bonds. The molecular formula is C18H22IN5S. The predicted molar refractivity (Wildman–Crippen MR) is 113 cm³/mol. The molecule has 1 saturated heterocycles.